The molecule has 2 aliphatic heterocycles. The average molecular weight is 304 g/mol. The Morgan fingerprint density at radius 1 is 1.45 bits per heavy atom. The fourth-order valence-electron chi connectivity index (χ4n) is 2.89. The number of ether oxygens (including phenoxy) is 1. The van der Waals surface area contributed by atoms with Crippen molar-refractivity contribution in [1.29, 1.82) is 0 Å². The molecule has 0 aromatic carbocycles. The van der Waals surface area contributed by atoms with Gasteiger partial charge < -0.3 is 15.0 Å². The summed E-state index contributed by atoms with van der Waals surface area (Å²) in [5, 5.41) is 2.57. The van der Waals surface area contributed by atoms with E-state index in [0.717, 1.165) is 25.9 Å². The van der Waals surface area contributed by atoms with E-state index in [1.807, 2.05) is 6.92 Å². The highest BCUT2D eigenvalue weighted by atomic mass is 32.2. The van der Waals surface area contributed by atoms with Crippen LogP contribution in [0.25, 0.3) is 0 Å². The first-order valence-corrected chi connectivity index (χ1v) is 9.23. The van der Waals surface area contributed by atoms with E-state index in [0.29, 0.717) is 19.5 Å². The molecular weight excluding hydrogens is 280 g/mol. The second kappa shape index (κ2) is 6.30. The van der Waals surface area contributed by atoms with Gasteiger partial charge in [0.05, 0.1) is 17.4 Å². The van der Waals surface area contributed by atoms with Gasteiger partial charge in [0.15, 0.2) is 9.84 Å². The molecule has 2 aliphatic rings. The van der Waals surface area contributed by atoms with E-state index in [2.05, 4.69) is 5.32 Å². The summed E-state index contributed by atoms with van der Waals surface area (Å²) in [6.07, 6.45) is 4.70. The van der Waals surface area contributed by atoms with Crippen molar-refractivity contribution >= 4 is 15.9 Å². The van der Waals surface area contributed by atoms with Crippen LogP contribution in [-0.2, 0) is 14.6 Å². The summed E-state index contributed by atoms with van der Waals surface area (Å²) < 4.78 is 28.6. The SMILES string of the molecule is CC[C@H](NC(=O)N1CC[C@H](S(C)(=O)=O)C1)[C@H]1CCCO1. The van der Waals surface area contributed by atoms with Gasteiger partial charge in [0.1, 0.15) is 0 Å². The Bertz CT molecular complexity index is 445. The number of hydrogen-bond donors (Lipinski definition) is 1. The smallest absolute Gasteiger partial charge is 0.317 e. The van der Waals surface area contributed by atoms with Crippen LogP contribution in [0.2, 0.25) is 0 Å². The third kappa shape index (κ3) is 3.63. The highest BCUT2D eigenvalue weighted by molar-refractivity contribution is 7.91. The first-order chi connectivity index (χ1) is 9.41. The average Bonchev–Trinajstić information content (AvgIpc) is 3.04. The molecule has 0 aliphatic carbocycles. The zero-order valence-electron chi connectivity index (χ0n) is 12.2. The van der Waals surface area contributed by atoms with Crippen LogP contribution in [0.15, 0.2) is 0 Å². The van der Waals surface area contributed by atoms with E-state index < -0.39 is 15.1 Å². The summed E-state index contributed by atoms with van der Waals surface area (Å²) in [4.78, 5) is 13.8. The van der Waals surface area contributed by atoms with Crippen LogP contribution in [0, 0.1) is 0 Å². The van der Waals surface area contributed by atoms with E-state index in [-0.39, 0.29) is 18.2 Å². The number of carbonyl (C=O) groups is 1. The second-order valence-corrected chi connectivity index (χ2v) is 8.03. The molecule has 0 aromatic rings. The zero-order chi connectivity index (χ0) is 14.8. The van der Waals surface area contributed by atoms with Gasteiger partial charge in [-0.05, 0) is 25.7 Å². The van der Waals surface area contributed by atoms with Gasteiger partial charge in [0.25, 0.3) is 0 Å². The van der Waals surface area contributed by atoms with Crippen LogP contribution < -0.4 is 5.32 Å². The Hall–Kier alpha value is -0.820. The van der Waals surface area contributed by atoms with Crippen molar-refractivity contribution in [3.63, 3.8) is 0 Å². The number of nitrogens with one attached hydrogen (secondary N) is 1. The first kappa shape index (κ1) is 15.6. The van der Waals surface area contributed by atoms with Crippen molar-refractivity contribution in [2.24, 2.45) is 0 Å². The maximum absolute atomic E-state index is 12.2. The number of amides is 2. The van der Waals surface area contributed by atoms with Crippen molar-refractivity contribution in [3.05, 3.63) is 0 Å². The molecule has 2 saturated heterocycles. The van der Waals surface area contributed by atoms with E-state index in [1.54, 1.807) is 4.90 Å². The van der Waals surface area contributed by atoms with Gasteiger partial charge in [-0.15, -0.1) is 0 Å². The Kier molecular flexibility index (Phi) is 4.90. The van der Waals surface area contributed by atoms with Gasteiger partial charge in [-0.1, -0.05) is 6.92 Å². The highest BCUT2D eigenvalue weighted by Crippen LogP contribution is 2.19. The summed E-state index contributed by atoms with van der Waals surface area (Å²) in [6, 6.07) is -0.152. The summed E-state index contributed by atoms with van der Waals surface area (Å²) in [6.45, 7) is 3.59. The molecule has 2 amide bonds. The van der Waals surface area contributed by atoms with E-state index in [1.165, 1.54) is 6.26 Å². The fourth-order valence-corrected chi connectivity index (χ4v) is 3.87. The summed E-state index contributed by atoms with van der Waals surface area (Å²) >= 11 is 0. The van der Waals surface area contributed by atoms with Crippen molar-refractivity contribution in [2.45, 2.75) is 50.0 Å². The molecule has 1 N–H and O–H groups in total. The van der Waals surface area contributed by atoms with E-state index >= 15 is 0 Å². The number of carbonyl (C=O) groups excluding carboxylic acids is 1. The number of hydrogen-bond acceptors (Lipinski definition) is 4. The van der Waals surface area contributed by atoms with Gasteiger partial charge in [0, 0.05) is 26.0 Å². The molecule has 0 unspecified atom stereocenters. The largest absolute Gasteiger partial charge is 0.376 e. The van der Waals surface area contributed by atoms with Gasteiger partial charge in [-0.3, -0.25) is 0 Å². The maximum Gasteiger partial charge on any atom is 0.317 e. The molecule has 2 rings (SSSR count). The lowest BCUT2D eigenvalue weighted by molar-refractivity contribution is 0.0775. The van der Waals surface area contributed by atoms with Crippen LogP contribution >= 0.6 is 0 Å². The number of likely N-dealkylation sites (tertiary alicyclic amines) is 1. The zero-order valence-corrected chi connectivity index (χ0v) is 13.0. The quantitative estimate of drug-likeness (QED) is 0.832. The second-order valence-electron chi connectivity index (χ2n) is 5.70. The Morgan fingerprint density at radius 2 is 2.20 bits per heavy atom. The van der Waals surface area contributed by atoms with Crippen LogP contribution in [-0.4, -0.2) is 62.7 Å². The molecule has 3 atom stereocenters. The Morgan fingerprint density at radius 3 is 2.70 bits per heavy atom. The minimum absolute atomic E-state index is 0.0160. The van der Waals surface area contributed by atoms with Crippen molar-refractivity contribution in [2.75, 3.05) is 26.0 Å². The topological polar surface area (TPSA) is 75.7 Å². The lowest BCUT2D eigenvalue weighted by atomic mass is 10.1. The van der Waals surface area contributed by atoms with Gasteiger partial charge in [-0.25, -0.2) is 13.2 Å². The number of urea groups is 1. The molecule has 0 bridgehead atoms. The highest BCUT2D eigenvalue weighted by Gasteiger charge is 2.34. The van der Waals surface area contributed by atoms with Crippen LogP contribution in [0.5, 0.6) is 0 Å². The summed E-state index contributed by atoms with van der Waals surface area (Å²) in [5.41, 5.74) is 0. The first-order valence-electron chi connectivity index (χ1n) is 7.27. The Balaban J connectivity index is 1.88. The van der Waals surface area contributed by atoms with E-state index in [4.69, 9.17) is 4.74 Å². The van der Waals surface area contributed by atoms with Gasteiger partial charge in [-0.2, -0.15) is 0 Å². The molecule has 0 spiro atoms. The van der Waals surface area contributed by atoms with Crippen LogP contribution in [0.3, 0.4) is 0 Å². The Labute approximate surface area is 120 Å². The van der Waals surface area contributed by atoms with Gasteiger partial charge in [0.2, 0.25) is 0 Å². The molecule has 0 radical (unpaired) electrons. The fraction of sp³-hybridized carbons (Fsp3) is 0.923. The van der Waals surface area contributed by atoms with Crippen molar-refractivity contribution in [3.8, 4) is 0 Å². The molecule has 7 heteroatoms. The van der Waals surface area contributed by atoms with Crippen molar-refractivity contribution < 1.29 is 17.9 Å². The standard InChI is InChI=1S/C13H24N2O4S/c1-3-11(12-5-4-8-19-12)14-13(16)15-7-6-10(9-15)20(2,17)18/h10-12H,3-9H2,1-2H3,(H,14,16)/t10-,11-,12+/m0/s1. The molecule has 0 aromatic heterocycles. The molecular formula is C13H24N2O4S. The van der Waals surface area contributed by atoms with Crippen LogP contribution in [0.4, 0.5) is 4.79 Å². The predicted molar refractivity (Wildman–Crippen MR) is 76.4 cm³/mol. The third-order valence-corrected chi connectivity index (χ3v) is 5.80. The summed E-state index contributed by atoms with van der Waals surface area (Å²) in [5.74, 6) is 0. The third-order valence-electron chi connectivity index (χ3n) is 4.20. The lowest BCUT2D eigenvalue weighted by Crippen LogP contribution is -2.48. The minimum atomic E-state index is -3.07. The van der Waals surface area contributed by atoms with Gasteiger partial charge >= 0.3 is 6.03 Å². The molecule has 2 fully saturated rings. The molecule has 2 heterocycles. The number of sulfone groups is 1. The lowest BCUT2D eigenvalue weighted by Gasteiger charge is -2.26. The maximum atomic E-state index is 12.2. The molecule has 6 nitrogen and oxygen atoms in total. The van der Waals surface area contributed by atoms with Crippen LogP contribution in [0.1, 0.15) is 32.6 Å². The summed E-state index contributed by atoms with van der Waals surface area (Å²) in [7, 11) is -3.07. The molecule has 0 saturated carbocycles. The van der Waals surface area contributed by atoms with Crippen molar-refractivity contribution in [1.82, 2.24) is 10.2 Å². The number of nitrogens with zero attached hydrogens (tertiary/aromatic N) is 1. The number of rotatable bonds is 4. The molecule has 116 valence electrons. The monoisotopic (exact) mass is 304 g/mol. The predicted octanol–water partition coefficient (Wildman–Crippen LogP) is 0.773. The molecule has 20 heavy (non-hydrogen) atoms. The van der Waals surface area contributed by atoms with E-state index in [9.17, 15) is 13.2 Å². The minimum Gasteiger partial charge on any atom is -0.376 e. The normalized spacial score (nSPS) is 28.6.